The van der Waals surface area contributed by atoms with Crippen LogP contribution in [0.2, 0.25) is 0 Å². The number of aromatic amines is 1. The maximum atomic E-state index is 13.7. The molecule has 0 amide bonds. The molecule has 36 heavy (non-hydrogen) atoms. The summed E-state index contributed by atoms with van der Waals surface area (Å²) in [5.74, 6) is -1.92. The molecule has 12 nitrogen and oxygen atoms in total. The number of nitrogens with zero attached hydrogens (tertiary/aromatic N) is 1. The second-order valence-corrected chi connectivity index (χ2v) is 11.2. The van der Waals surface area contributed by atoms with E-state index in [1.165, 1.54) is 26.1 Å². The van der Waals surface area contributed by atoms with Gasteiger partial charge in [-0.25, -0.2) is 9.36 Å². The van der Waals surface area contributed by atoms with E-state index in [9.17, 15) is 19.3 Å². The summed E-state index contributed by atoms with van der Waals surface area (Å²) in [5.41, 5.74) is -2.21. The molecule has 4 rings (SSSR count). The third-order valence-electron chi connectivity index (χ3n) is 5.57. The number of esters is 1. The third-order valence-corrected chi connectivity index (χ3v) is 7.43. The lowest BCUT2D eigenvalue weighted by Crippen LogP contribution is -2.42. The molecule has 6 atom stereocenters. The molecule has 0 aliphatic carbocycles. The molecule has 1 aromatic heterocycles. The van der Waals surface area contributed by atoms with Crippen LogP contribution in [0.4, 0.5) is 0 Å². The normalized spacial score (nSPS) is 29.3. The monoisotopic (exact) mass is 541 g/mol. The van der Waals surface area contributed by atoms with E-state index in [2.05, 4.69) is 10.1 Å². The Balaban J connectivity index is 1.53. The second-order valence-electron chi connectivity index (χ2n) is 9.03. The van der Waals surface area contributed by atoms with Crippen molar-refractivity contribution in [1.82, 2.24) is 14.6 Å². The van der Waals surface area contributed by atoms with E-state index in [0.717, 1.165) is 4.57 Å². The lowest BCUT2D eigenvalue weighted by molar-refractivity contribution is -0.192. The molecule has 196 valence electrons. The van der Waals surface area contributed by atoms with Crippen molar-refractivity contribution in [3.05, 3.63) is 57.7 Å². The SMILES string of the molecule is CC(C)OC(=O)[C@H](C)NP(=O)(OCC12OC1C(C)(O)[C@H](n1ccc(=S)[nH]c1=O)O2)Oc1ccccc1. The van der Waals surface area contributed by atoms with Gasteiger partial charge in [0.15, 0.2) is 12.3 Å². The molecule has 3 N–H and O–H groups in total. The highest BCUT2D eigenvalue weighted by molar-refractivity contribution is 7.71. The standard InChI is InChI=1S/C22H28N3O9PS/c1-13(2)31-17(26)14(3)24-35(29,34-15-8-6-5-7-9-15)30-12-22-18(32-22)21(4,28)19(33-22)25-11-10-16(36)23-20(25)27/h5-11,13-14,18-19,28H,12H2,1-4H3,(H,24,29)(H,23,27,36)/t14-,18?,19+,21?,22?,35?/m0/s1. The van der Waals surface area contributed by atoms with Gasteiger partial charge in [0, 0.05) is 6.20 Å². The number of carbonyl (C=O) groups excluding carboxylic acids is 1. The number of aromatic nitrogens is 2. The van der Waals surface area contributed by atoms with Crippen LogP contribution in [0.25, 0.3) is 0 Å². The fourth-order valence-corrected chi connectivity index (χ4v) is 5.52. The minimum Gasteiger partial charge on any atom is -0.462 e. The Hall–Kier alpha value is -2.38. The van der Waals surface area contributed by atoms with Gasteiger partial charge in [-0.15, -0.1) is 0 Å². The molecule has 2 saturated heterocycles. The van der Waals surface area contributed by atoms with Crippen molar-refractivity contribution >= 4 is 25.9 Å². The number of hydrogen-bond donors (Lipinski definition) is 3. The number of hydrogen-bond acceptors (Lipinski definition) is 10. The van der Waals surface area contributed by atoms with Crippen LogP contribution < -0.4 is 15.3 Å². The number of carbonyl (C=O) groups is 1. The molecule has 3 heterocycles. The van der Waals surface area contributed by atoms with E-state index in [4.69, 9.17) is 35.5 Å². The number of H-pyrrole nitrogens is 1. The Bertz CT molecular complexity index is 1280. The molecule has 1 aromatic carbocycles. The summed E-state index contributed by atoms with van der Waals surface area (Å²) >= 11 is 4.95. The van der Waals surface area contributed by atoms with Crippen LogP contribution in [0.1, 0.15) is 33.9 Å². The predicted molar refractivity (Wildman–Crippen MR) is 129 cm³/mol. The fraction of sp³-hybridized carbons (Fsp3) is 0.500. The van der Waals surface area contributed by atoms with Crippen molar-refractivity contribution in [3.8, 4) is 5.75 Å². The summed E-state index contributed by atoms with van der Waals surface area (Å²) in [7, 11) is -4.19. The van der Waals surface area contributed by atoms with Gasteiger partial charge in [-0.2, -0.15) is 5.09 Å². The Labute approximate surface area is 212 Å². The highest BCUT2D eigenvalue weighted by atomic mass is 32.1. The Kier molecular flexibility index (Phi) is 7.28. The zero-order chi connectivity index (χ0) is 26.3. The minimum absolute atomic E-state index is 0.225. The fourth-order valence-electron chi connectivity index (χ4n) is 3.86. The highest BCUT2D eigenvalue weighted by Gasteiger charge is 2.76. The molecule has 2 aliphatic rings. The zero-order valence-electron chi connectivity index (χ0n) is 20.1. The van der Waals surface area contributed by atoms with Gasteiger partial charge in [0.2, 0.25) is 5.79 Å². The third kappa shape index (κ3) is 5.47. The number of para-hydroxylation sites is 1. The Morgan fingerprint density at radius 2 is 1.97 bits per heavy atom. The van der Waals surface area contributed by atoms with Crippen molar-refractivity contribution in [2.45, 2.75) is 63.6 Å². The zero-order valence-corrected chi connectivity index (χ0v) is 21.8. The molecule has 2 aliphatic heterocycles. The first-order valence-electron chi connectivity index (χ1n) is 11.2. The van der Waals surface area contributed by atoms with Crippen molar-refractivity contribution in [2.24, 2.45) is 0 Å². The van der Waals surface area contributed by atoms with E-state index in [0.29, 0.717) is 0 Å². The Morgan fingerprint density at radius 1 is 1.28 bits per heavy atom. The summed E-state index contributed by atoms with van der Waals surface area (Å²) in [6.45, 7) is 5.85. The average Bonchev–Trinajstić information content (AvgIpc) is 3.47. The maximum Gasteiger partial charge on any atom is 0.459 e. The molecular formula is C22H28N3O9PS. The van der Waals surface area contributed by atoms with E-state index in [1.807, 2.05) is 0 Å². The summed E-state index contributed by atoms with van der Waals surface area (Å²) in [4.78, 5) is 27.2. The molecule has 14 heteroatoms. The van der Waals surface area contributed by atoms with Gasteiger partial charge in [-0.05, 0) is 45.9 Å². The number of rotatable bonds is 10. The summed E-state index contributed by atoms with van der Waals surface area (Å²) in [6.07, 6.45) is -1.01. The van der Waals surface area contributed by atoms with Gasteiger partial charge in [0.05, 0.1) is 6.10 Å². The smallest absolute Gasteiger partial charge is 0.459 e. The van der Waals surface area contributed by atoms with Gasteiger partial charge < -0.3 is 23.8 Å². The quantitative estimate of drug-likeness (QED) is 0.176. The number of fused-ring (bicyclic) bond motifs is 1. The van der Waals surface area contributed by atoms with Crippen molar-refractivity contribution < 1.29 is 37.7 Å². The number of aliphatic hydroxyl groups is 1. The van der Waals surface area contributed by atoms with Crippen LogP contribution in [0.3, 0.4) is 0 Å². The molecule has 0 saturated carbocycles. The molecule has 4 unspecified atom stereocenters. The number of benzene rings is 1. The Morgan fingerprint density at radius 3 is 2.61 bits per heavy atom. The predicted octanol–water partition coefficient (Wildman–Crippen LogP) is 2.41. The molecule has 2 fully saturated rings. The van der Waals surface area contributed by atoms with Crippen LogP contribution >= 0.6 is 20.0 Å². The maximum absolute atomic E-state index is 13.7. The molecular weight excluding hydrogens is 513 g/mol. The first-order chi connectivity index (χ1) is 16.9. The van der Waals surface area contributed by atoms with E-state index in [-0.39, 0.29) is 16.5 Å². The minimum atomic E-state index is -4.19. The van der Waals surface area contributed by atoms with Crippen LogP contribution in [-0.4, -0.2) is 56.9 Å². The van der Waals surface area contributed by atoms with Gasteiger partial charge in [0.25, 0.3) is 0 Å². The summed E-state index contributed by atoms with van der Waals surface area (Å²) in [5, 5.41) is 13.6. The van der Waals surface area contributed by atoms with E-state index in [1.54, 1.807) is 44.2 Å². The van der Waals surface area contributed by atoms with E-state index < -0.39 is 55.8 Å². The van der Waals surface area contributed by atoms with Crippen LogP contribution in [-0.2, 0) is 28.1 Å². The van der Waals surface area contributed by atoms with Gasteiger partial charge in [-0.1, -0.05) is 30.4 Å². The largest absolute Gasteiger partial charge is 0.462 e. The number of nitrogens with one attached hydrogen (secondary N) is 2. The van der Waals surface area contributed by atoms with Crippen molar-refractivity contribution in [2.75, 3.05) is 6.61 Å². The van der Waals surface area contributed by atoms with Crippen LogP contribution in [0, 0.1) is 4.64 Å². The van der Waals surface area contributed by atoms with E-state index >= 15 is 0 Å². The van der Waals surface area contributed by atoms with Crippen LogP contribution in [0.5, 0.6) is 5.75 Å². The second kappa shape index (κ2) is 9.82. The van der Waals surface area contributed by atoms with Gasteiger partial charge in [0.1, 0.15) is 28.6 Å². The summed E-state index contributed by atoms with van der Waals surface area (Å²) < 4.78 is 43.0. The summed E-state index contributed by atoms with van der Waals surface area (Å²) in [6, 6.07) is 8.70. The topological polar surface area (TPSA) is 154 Å². The van der Waals surface area contributed by atoms with Gasteiger partial charge in [-0.3, -0.25) is 18.9 Å². The first-order valence-corrected chi connectivity index (χ1v) is 13.2. The van der Waals surface area contributed by atoms with Crippen molar-refractivity contribution in [1.29, 1.82) is 0 Å². The van der Waals surface area contributed by atoms with Gasteiger partial charge >= 0.3 is 19.4 Å². The lowest BCUT2D eigenvalue weighted by atomic mass is 10.00. The molecule has 2 aromatic rings. The first kappa shape index (κ1) is 26.7. The lowest BCUT2D eigenvalue weighted by Gasteiger charge is -2.28. The number of ether oxygens (including phenoxy) is 3. The average molecular weight is 542 g/mol. The van der Waals surface area contributed by atoms with Crippen molar-refractivity contribution in [3.63, 3.8) is 0 Å². The van der Waals surface area contributed by atoms with Crippen LogP contribution in [0.15, 0.2) is 47.4 Å². The molecule has 0 bridgehead atoms. The number of epoxide rings is 1. The molecule has 0 radical (unpaired) electrons. The molecule has 0 spiro atoms. The highest BCUT2D eigenvalue weighted by Crippen LogP contribution is 2.59.